The molecule has 2 aromatic rings. The normalized spacial score (nSPS) is 15.2. The Morgan fingerprint density at radius 2 is 2.15 bits per heavy atom. The lowest BCUT2D eigenvalue weighted by atomic mass is 10.2. The fraction of sp³-hybridized carbons (Fsp3) is 0.500. The number of ether oxygens (including phenoxy) is 1. The minimum absolute atomic E-state index is 0.0137. The van der Waals surface area contributed by atoms with Crippen molar-refractivity contribution in [3.63, 3.8) is 0 Å². The maximum absolute atomic E-state index is 12.4. The highest BCUT2D eigenvalue weighted by atomic mass is 16.6. The molecule has 140 valence electrons. The molecule has 0 saturated carbocycles. The Labute approximate surface area is 150 Å². The zero-order valence-corrected chi connectivity index (χ0v) is 14.5. The Hall–Kier alpha value is -2.88. The van der Waals surface area contributed by atoms with Crippen LogP contribution in [0.15, 0.2) is 29.0 Å². The van der Waals surface area contributed by atoms with Gasteiger partial charge in [0.15, 0.2) is 0 Å². The molecule has 2 aromatic heterocycles. The molecule has 10 heteroatoms. The smallest absolute Gasteiger partial charge is 0.350 e. The molecule has 0 aromatic carbocycles. The fourth-order valence-corrected chi connectivity index (χ4v) is 2.92. The Bertz CT molecular complexity index is 749. The molecule has 10 nitrogen and oxygen atoms in total. The molecule has 0 aliphatic carbocycles. The monoisotopic (exact) mass is 363 g/mol. The molecule has 0 atom stereocenters. The van der Waals surface area contributed by atoms with Crippen LogP contribution in [0.5, 0.6) is 5.88 Å². The van der Waals surface area contributed by atoms with Crippen molar-refractivity contribution >= 4 is 11.6 Å². The first-order valence-electron chi connectivity index (χ1n) is 8.35. The Morgan fingerprint density at radius 1 is 1.38 bits per heavy atom. The number of rotatable bonds is 7. The fourth-order valence-electron chi connectivity index (χ4n) is 2.92. The lowest BCUT2D eigenvalue weighted by molar-refractivity contribution is -0.385. The van der Waals surface area contributed by atoms with Gasteiger partial charge in [0.05, 0.1) is 31.4 Å². The van der Waals surface area contributed by atoms with E-state index >= 15 is 0 Å². The predicted molar refractivity (Wildman–Crippen MR) is 90.6 cm³/mol. The number of nitro groups is 1. The van der Waals surface area contributed by atoms with Crippen molar-refractivity contribution in [1.29, 1.82) is 0 Å². The first-order valence-corrected chi connectivity index (χ1v) is 8.35. The minimum Gasteiger partial charge on any atom is -0.475 e. The second-order valence-corrected chi connectivity index (χ2v) is 6.03. The number of piperazine rings is 1. The van der Waals surface area contributed by atoms with E-state index in [4.69, 9.17) is 9.15 Å². The summed E-state index contributed by atoms with van der Waals surface area (Å²) in [7, 11) is 1.33. The number of furan rings is 1. The molecule has 0 unspecified atom stereocenters. The van der Waals surface area contributed by atoms with Gasteiger partial charge in [-0.3, -0.25) is 24.5 Å². The number of carbonyl (C=O) groups excluding carboxylic acids is 1. The lowest BCUT2D eigenvalue weighted by Gasteiger charge is -2.34. The number of carbonyl (C=O) groups is 1. The molecule has 1 saturated heterocycles. The van der Waals surface area contributed by atoms with Gasteiger partial charge in [0, 0.05) is 32.6 Å². The Morgan fingerprint density at radius 3 is 2.73 bits per heavy atom. The number of nitrogens with zero attached hydrogens (tertiary/aromatic N) is 5. The number of aromatic nitrogens is 2. The van der Waals surface area contributed by atoms with E-state index < -0.39 is 4.92 Å². The van der Waals surface area contributed by atoms with Crippen LogP contribution in [0.1, 0.15) is 12.2 Å². The van der Waals surface area contributed by atoms with Crippen LogP contribution in [-0.4, -0.2) is 63.7 Å². The summed E-state index contributed by atoms with van der Waals surface area (Å²) in [6.07, 6.45) is 3.18. The summed E-state index contributed by atoms with van der Waals surface area (Å²) in [6.45, 7) is 3.90. The summed E-state index contributed by atoms with van der Waals surface area (Å²) in [5.74, 6) is 0.882. The van der Waals surface area contributed by atoms with Gasteiger partial charge in [-0.25, -0.2) is 0 Å². The highest BCUT2D eigenvalue weighted by Crippen LogP contribution is 2.24. The topological polar surface area (TPSA) is 107 Å². The van der Waals surface area contributed by atoms with Crippen LogP contribution in [0.3, 0.4) is 0 Å². The summed E-state index contributed by atoms with van der Waals surface area (Å²) in [4.78, 5) is 26.8. The van der Waals surface area contributed by atoms with Gasteiger partial charge in [0.1, 0.15) is 12.0 Å². The van der Waals surface area contributed by atoms with Crippen molar-refractivity contribution in [2.24, 2.45) is 0 Å². The van der Waals surface area contributed by atoms with Crippen molar-refractivity contribution in [2.45, 2.75) is 19.5 Å². The van der Waals surface area contributed by atoms with E-state index in [0.717, 1.165) is 25.4 Å². The Balaban J connectivity index is 1.46. The van der Waals surface area contributed by atoms with Crippen LogP contribution in [0, 0.1) is 10.1 Å². The number of hydrogen-bond acceptors (Lipinski definition) is 7. The second-order valence-electron chi connectivity index (χ2n) is 6.03. The molecule has 0 N–H and O–H groups in total. The van der Waals surface area contributed by atoms with Crippen LogP contribution in [0.4, 0.5) is 5.69 Å². The van der Waals surface area contributed by atoms with Gasteiger partial charge in [0.2, 0.25) is 5.91 Å². The average molecular weight is 363 g/mol. The van der Waals surface area contributed by atoms with E-state index in [0.29, 0.717) is 13.1 Å². The maximum Gasteiger partial charge on any atom is 0.350 e. The van der Waals surface area contributed by atoms with Gasteiger partial charge < -0.3 is 14.1 Å². The summed E-state index contributed by atoms with van der Waals surface area (Å²) in [6, 6.07) is 3.80. The van der Waals surface area contributed by atoms with Crippen molar-refractivity contribution in [2.75, 3.05) is 33.3 Å². The predicted octanol–water partition coefficient (Wildman–Crippen LogP) is 1.13. The molecule has 1 amide bonds. The van der Waals surface area contributed by atoms with E-state index in [-0.39, 0.29) is 30.4 Å². The quantitative estimate of drug-likeness (QED) is 0.536. The highest BCUT2D eigenvalue weighted by molar-refractivity contribution is 5.76. The summed E-state index contributed by atoms with van der Waals surface area (Å²) in [5, 5.41) is 14.9. The van der Waals surface area contributed by atoms with E-state index in [1.807, 2.05) is 17.0 Å². The van der Waals surface area contributed by atoms with Gasteiger partial charge in [-0.05, 0) is 12.1 Å². The molecule has 26 heavy (non-hydrogen) atoms. The number of hydrogen-bond donors (Lipinski definition) is 0. The van der Waals surface area contributed by atoms with Crippen LogP contribution < -0.4 is 4.74 Å². The van der Waals surface area contributed by atoms with Gasteiger partial charge >= 0.3 is 11.6 Å². The zero-order chi connectivity index (χ0) is 18.5. The third kappa shape index (κ3) is 4.20. The lowest BCUT2D eigenvalue weighted by Crippen LogP contribution is -2.48. The van der Waals surface area contributed by atoms with E-state index in [2.05, 4.69) is 10.00 Å². The van der Waals surface area contributed by atoms with Gasteiger partial charge in [0.25, 0.3) is 0 Å². The molecule has 1 aliphatic heterocycles. The van der Waals surface area contributed by atoms with Gasteiger partial charge in [-0.15, -0.1) is 5.10 Å². The maximum atomic E-state index is 12.4. The third-order valence-electron chi connectivity index (χ3n) is 4.34. The second kappa shape index (κ2) is 8.00. The highest BCUT2D eigenvalue weighted by Gasteiger charge is 2.23. The van der Waals surface area contributed by atoms with Crippen LogP contribution in [0.25, 0.3) is 0 Å². The number of aryl methyl sites for hydroxylation is 1. The summed E-state index contributed by atoms with van der Waals surface area (Å²) in [5.41, 5.74) is -0.202. The molecule has 1 fully saturated rings. The van der Waals surface area contributed by atoms with Crippen molar-refractivity contribution < 1.29 is 18.9 Å². The van der Waals surface area contributed by atoms with E-state index in [1.54, 1.807) is 6.26 Å². The SMILES string of the molecule is COc1nn(CCC(=O)N2CCN(Cc3ccco3)CC2)cc1[N+](=O)[O-]. The number of methoxy groups -OCH3 is 1. The van der Waals surface area contributed by atoms with Crippen molar-refractivity contribution in [1.82, 2.24) is 19.6 Å². The molecule has 0 spiro atoms. The molecule has 0 bridgehead atoms. The number of amides is 1. The average Bonchev–Trinajstić information content (AvgIpc) is 3.29. The zero-order valence-electron chi connectivity index (χ0n) is 14.5. The standard InChI is InChI=1S/C16H21N5O5/c1-25-16-14(21(23)24)12-20(17-16)5-4-15(22)19-8-6-18(7-9-19)11-13-3-2-10-26-13/h2-3,10,12H,4-9,11H2,1H3. The first-order chi connectivity index (χ1) is 12.6. The summed E-state index contributed by atoms with van der Waals surface area (Å²) < 4.78 is 11.6. The van der Waals surface area contributed by atoms with E-state index in [1.165, 1.54) is 18.0 Å². The molecular formula is C16H21N5O5. The van der Waals surface area contributed by atoms with Crippen molar-refractivity contribution in [3.05, 3.63) is 40.5 Å². The van der Waals surface area contributed by atoms with Gasteiger partial charge in [-0.2, -0.15) is 0 Å². The van der Waals surface area contributed by atoms with Gasteiger partial charge in [-0.1, -0.05) is 0 Å². The molecular weight excluding hydrogens is 342 g/mol. The largest absolute Gasteiger partial charge is 0.475 e. The third-order valence-corrected chi connectivity index (χ3v) is 4.34. The molecule has 3 rings (SSSR count). The summed E-state index contributed by atoms with van der Waals surface area (Å²) >= 11 is 0. The van der Waals surface area contributed by atoms with Crippen molar-refractivity contribution in [3.8, 4) is 5.88 Å². The van der Waals surface area contributed by atoms with Crippen LogP contribution in [0.2, 0.25) is 0 Å². The molecule has 1 aliphatic rings. The van der Waals surface area contributed by atoms with Crippen LogP contribution >= 0.6 is 0 Å². The molecule has 3 heterocycles. The molecule has 0 radical (unpaired) electrons. The Kier molecular flexibility index (Phi) is 5.52. The van der Waals surface area contributed by atoms with E-state index in [9.17, 15) is 14.9 Å². The first kappa shape index (κ1) is 17.9. The van der Waals surface area contributed by atoms with Crippen LogP contribution in [-0.2, 0) is 17.9 Å². The minimum atomic E-state index is -0.553.